The third-order valence-electron chi connectivity index (χ3n) is 4.53. The summed E-state index contributed by atoms with van der Waals surface area (Å²) in [5.41, 5.74) is 2.32. The second kappa shape index (κ2) is 10.0. The summed E-state index contributed by atoms with van der Waals surface area (Å²) >= 11 is 0. The molecular weight excluding hydrogens is 396 g/mol. The number of hydrogen-bond acceptors (Lipinski definition) is 3. The van der Waals surface area contributed by atoms with Crippen LogP contribution in [-0.2, 0) is 23.1 Å². The molecule has 0 saturated heterocycles. The summed E-state index contributed by atoms with van der Waals surface area (Å²) < 4.78 is 27.3. The lowest BCUT2D eigenvalue weighted by Crippen LogP contribution is -2.30. The molecule has 1 N–H and O–H groups in total. The zero-order chi connectivity index (χ0) is 21.4. The number of carbonyl (C=O) groups is 1. The lowest BCUT2D eigenvalue weighted by Gasteiger charge is -2.23. The van der Waals surface area contributed by atoms with Crippen LogP contribution in [0.5, 0.6) is 0 Å². The highest BCUT2D eigenvalue weighted by molar-refractivity contribution is 7.89. The number of carbonyl (C=O) groups excluding carboxylic acids is 1. The van der Waals surface area contributed by atoms with Gasteiger partial charge in [-0.25, -0.2) is 13.1 Å². The van der Waals surface area contributed by atoms with Crippen molar-refractivity contribution in [2.24, 2.45) is 0 Å². The van der Waals surface area contributed by atoms with Gasteiger partial charge in [-0.1, -0.05) is 72.8 Å². The van der Waals surface area contributed by atoms with Gasteiger partial charge in [-0.05, 0) is 29.3 Å². The van der Waals surface area contributed by atoms with Crippen LogP contribution in [0.1, 0.15) is 21.5 Å². The Balaban J connectivity index is 1.90. The van der Waals surface area contributed by atoms with Crippen molar-refractivity contribution in [3.05, 3.63) is 114 Å². The fourth-order valence-corrected chi connectivity index (χ4v) is 4.08. The predicted molar refractivity (Wildman–Crippen MR) is 118 cm³/mol. The van der Waals surface area contributed by atoms with Crippen LogP contribution >= 0.6 is 0 Å². The van der Waals surface area contributed by atoms with E-state index in [-0.39, 0.29) is 17.3 Å². The Kier molecular flexibility index (Phi) is 7.17. The average molecular weight is 421 g/mol. The maximum atomic E-state index is 13.3. The smallest absolute Gasteiger partial charge is 0.254 e. The molecule has 5 nitrogen and oxygen atoms in total. The molecule has 0 aromatic heterocycles. The van der Waals surface area contributed by atoms with Gasteiger partial charge in [0, 0.05) is 25.2 Å². The molecule has 3 aromatic carbocycles. The van der Waals surface area contributed by atoms with E-state index in [2.05, 4.69) is 11.3 Å². The molecule has 0 bridgehead atoms. The molecule has 0 aliphatic heterocycles. The molecule has 154 valence electrons. The van der Waals surface area contributed by atoms with Crippen molar-refractivity contribution in [2.45, 2.75) is 18.0 Å². The molecule has 0 radical (unpaired) electrons. The van der Waals surface area contributed by atoms with Crippen LogP contribution in [0.4, 0.5) is 0 Å². The average Bonchev–Trinajstić information content (AvgIpc) is 2.78. The number of nitrogens with one attached hydrogen (secondary N) is 1. The van der Waals surface area contributed by atoms with Crippen LogP contribution in [0, 0.1) is 0 Å². The standard InChI is InChI=1S/C24H24N2O3S/c1-2-16-25-30(28,29)23-15-9-14-22(17-23)24(27)26(18-20-10-5-3-6-11-20)19-21-12-7-4-8-13-21/h2-15,17,25H,1,16,18-19H2. The van der Waals surface area contributed by atoms with Gasteiger partial charge in [0.2, 0.25) is 10.0 Å². The minimum Gasteiger partial charge on any atom is -0.330 e. The lowest BCUT2D eigenvalue weighted by atomic mass is 10.1. The van der Waals surface area contributed by atoms with Crippen molar-refractivity contribution in [3.63, 3.8) is 0 Å². The maximum Gasteiger partial charge on any atom is 0.254 e. The Bertz CT molecular complexity index is 1060. The van der Waals surface area contributed by atoms with E-state index in [0.717, 1.165) is 11.1 Å². The largest absolute Gasteiger partial charge is 0.330 e. The summed E-state index contributed by atoms with van der Waals surface area (Å²) in [4.78, 5) is 15.1. The van der Waals surface area contributed by atoms with Crippen LogP contribution < -0.4 is 4.72 Å². The van der Waals surface area contributed by atoms with Crippen LogP contribution in [0.2, 0.25) is 0 Å². The first-order valence-electron chi connectivity index (χ1n) is 9.57. The van der Waals surface area contributed by atoms with Crippen molar-refractivity contribution >= 4 is 15.9 Å². The SMILES string of the molecule is C=CCNS(=O)(=O)c1cccc(C(=O)N(Cc2ccccc2)Cc2ccccc2)c1. The van der Waals surface area contributed by atoms with Gasteiger partial charge >= 0.3 is 0 Å². The van der Waals surface area contributed by atoms with Gasteiger partial charge in [0.1, 0.15) is 0 Å². The van der Waals surface area contributed by atoms with Gasteiger partial charge in [-0.15, -0.1) is 6.58 Å². The summed E-state index contributed by atoms with van der Waals surface area (Å²) in [7, 11) is -3.71. The van der Waals surface area contributed by atoms with Gasteiger partial charge in [-0.3, -0.25) is 4.79 Å². The van der Waals surface area contributed by atoms with E-state index < -0.39 is 10.0 Å². The molecule has 0 atom stereocenters. The molecule has 0 aliphatic carbocycles. The Morgan fingerprint density at radius 1 is 0.867 bits per heavy atom. The van der Waals surface area contributed by atoms with Crippen LogP contribution in [0.25, 0.3) is 0 Å². The van der Waals surface area contributed by atoms with E-state index in [4.69, 9.17) is 0 Å². The summed E-state index contributed by atoms with van der Waals surface area (Å²) in [5, 5.41) is 0. The Hall–Kier alpha value is -3.22. The van der Waals surface area contributed by atoms with Gasteiger partial charge < -0.3 is 4.90 Å². The van der Waals surface area contributed by atoms with Crippen molar-refractivity contribution < 1.29 is 13.2 Å². The molecule has 3 aromatic rings. The van der Waals surface area contributed by atoms with Gasteiger partial charge in [-0.2, -0.15) is 0 Å². The number of amides is 1. The number of hydrogen-bond donors (Lipinski definition) is 1. The van der Waals surface area contributed by atoms with Crippen molar-refractivity contribution in [1.29, 1.82) is 0 Å². The first-order chi connectivity index (χ1) is 14.5. The quantitative estimate of drug-likeness (QED) is 0.532. The Morgan fingerprint density at radius 3 is 1.97 bits per heavy atom. The topological polar surface area (TPSA) is 66.5 Å². The van der Waals surface area contributed by atoms with Crippen LogP contribution in [-0.4, -0.2) is 25.8 Å². The first kappa shape index (κ1) is 21.5. The zero-order valence-electron chi connectivity index (χ0n) is 16.6. The molecular formula is C24H24N2O3S. The molecule has 1 amide bonds. The van der Waals surface area contributed by atoms with Gasteiger partial charge in [0.15, 0.2) is 0 Å². The maximum absolute atomic E-state index is 13.3. The van der Waals surface area contributed by atoms with E-state index in [9.17, 15) is 13.2 Å². The third-order valence-corrected chi connectivity index (χ3v) is 5.95. The van der Waals surface area contributed by atoms with Gasteiger partial charge in [0.05, 0.1) is 4.90 Å². The van der Waals surface area contributed by atoms with Crippen molar-refractivity contribution in [1.82, 2.24) is 9.62 Å². The second-order valence-corrected chi connectivity index (χ2v) is 8.57. The van der Waals surface area contributed by atoms with Crippen molar-refractivity contribution in [3.8, 4) is 0 Å². The third kappa shape index (κ3) is 5.65. The molecule has 0 fully saturated rings. The highest BCUT2D eigenvalue weighted by Gasteiger charge is 2.20. The van der Waals surface area contributed by atoms with E-state index in [1.54, 1.807) is 17.0 Å². The van der Waals surface area contributed by atoms with Crippen LogP contribution in [0.15, 0.2) is 102 Å². The first-order valence-corrected chi connectivity index (χ1v) is 11.1. The highest BCUT2D eigenvalue weighted by atomic mass is 32.2. The fourth-order valence-electron chi connectivity index (χ4n) is 3.04. The van der Waals surface area contributed by atoms with Gasteiger partial charge in [0.25, 0.3) is 5.91 Å². The van der Waals surface area contributed by atoms with E-state index in [0.29, 0.717) is 18.7 Å². The summed E-state index contributed by atoms with van der Waals surface area (Å²) in [6.07, 6.45) is 1.47. The second-order valence-electron chi connectivity index (χ2n) is 6.80. The summed E-state index contributed by atoms with van der Waals surface area (Å²) in [6.45, 7) is 4.47. The predicted octanol–water partition coefficient (Wildman–Crippen LogP) is 3.99. The summed E-state index contributed by atoms with van der Waals surface area (Å²) in [6, 6.07) is 25.5. The van der Waals surface area contributed by atoms with E-state index in [1.165, 1.54) is 18.2 Å². The molecule has 0 saturated carbocycles. The number of benzene rings is 3. The minimum atomic E-state index is -3.71. The number of rotatable bonds is 9. The Labute approximate surface area is 177 Å². The molecule has 0 spiro atoms. The molecule has 0 heterocycles. The number of nitrogens with zero attached hydrogens (tertiary/aromatic N) is 1. The summed E-state index contributed by atoms with van der Waals surface area (Å²) in [5.74, 6) is -0.233. The van der Waals surface area contributed by atoms with E-state index in [1.807, 2.05) is 60.7 Å². The lowest BCUT2D eigenvalue weighted by molar-refractivity contribution is 0.0730. The zero-order valence-corrected chi connectivity index (χ0v) is 17.4. The van der Waals surface area contributed by atoms with E-state index >= 15 is 0 Å². The normalized spacial score (nSPS) is 11.1. The highest BCUT2D eigenvalue weighted by Crippen LogP contribution is 2.17. The molecule has 0 aliphatic rings. The molecule has 3 rings (SSSR count). The minimum absolute atomic E-state index is 0.0505. The van der Waals surface area contributed by atoms with Crippen LogP contribution in [0.3, 0.4) is 0 Å². The monoisotopic (exact) mass is 420 g/mol. The Morgan fingerprint density at radius 2 is 1.43 bits per heavy atom. The van der Waals surface area contributed by atoms with Crippen molar-refractivity contribution in [2.75, 3.05) is 6.54 Å². The number of sulfonamides is 1. The fraction of sp³-hybridized carbons (Fsp3) is 0.125. The molecule has 0 unspecified atom stereocenters. The molecule has 6 heteroatoms. The molecule has 30 heavy (non-hydrogen) atoms.